The van der Waals surface area contributed by atoms with Gasteiger partial charge in [0.25, 0.3) is 5.91 Å². The molecule has 12 heteroatoms. The fourth-order valence-corrected chi connectivity index (χ4v) is 6.93. The van der Waals surface area contributed by atoms with Crippen molar-refractivity contribution in [2.24, 2.45) is 0 Å². The van der Waals surface area contributed by atoms with Crippen molar-refractivity contribution in [1.82, 2.24) is 15.2 Å². The molecule has 0 fully saturated rings. The molecule has 8 nitrogen and oxygen atoms in total. The van der Waals surface area contributed by atoms with Gasteiger partial charge >= 0.3 is 0 Å². The number of rotatable bonds is 10. The van der Waals surface area contributed by atoms with Crippen LogP contribution in [0.2, 0.25) is 0 Å². The molecule has 0 aliphatic carbocycles. The van der Waals surface area contributed by atoms with E-state index in [1.807, 2.05) is 0 Å². The van der Waals surface area contributed by atoms with Gasteiger partial charge in [-0.05, 0) is 49.2 Å². The molecule has 40 heavy (non-hydrogen) atoms. The first-order chi connectivity index (χ1) is 19.3. The Morgan fingerprint density at radius 3 is 2.67 bits per heavy atom. The highest BCUT2D eigenvalue weighted by molar-refractivity contribution is 8.00. The number of aromatic nitrogens is 3. The van der Waals surface area contributed by atoms with Crippen LogP contribution in [0.3, 0.4) is 0 Å². The Labute approximate surface area is 241 Å². The fourth-order valence-electron chi connectivity index (χ4n) is 4.23. The SMILES string of the molecule is C=CCOc1cccc(C2C(C(=O)c3sc(C)nc3C)=C(O)C(=O)N2c2nnc(SCc3ccc(F)cc3)s2)c1. The van der Waals surface area contributed by atoms with Crippen LogP contribution in [-0.4, -0.2) is 38.6 Å². The average molecular weight is 595 g/mol. The summed E-state index contributed by atoms with van der Waals surface area (Å²) in [7, 11) is 0. The second kappa shape index (κ2) is 11.7. The minimum atomic E-state index is -0.975. The number of carbonyl (C=O) groups is 2. The molecule has 5 rings (SSSR count). The molecule has 0 saturated carbocycles. The smallest absolute Gasteiger partial charge is 0.296 e. The van der Waals surface area contributed by atoms with Crippen molar-refractivity contribution in [1.29, 1.82) is 0 Å². The van der Waals surface area contributed by atoms with Gasteiger partial charge in [0.05, 0.1) is 27.2 Å². The summed E-state index contributed by atoms with van der Waals surface area (Å²) in [5.41, 5.74) is 1.91. The number of carbonyl (C=O) groups excluding carboxylic acids is 2. The highest BCUT2D eigenvalue weighted by Gasteiger charge is 2.46. The molecule has 3 heterocycles. The topological polar surface area (TPSA) is 106 Å². The average Bonchev–Trinajstić information content (AvgIpc) is 3.62. The third-order valence-corrected chi connectivity index (χ3v) is 9.18. The molecular formula is C28H23FN4O4S3. The van der Waals surface area contributed by atoms with Gasteiger partial charge in [0.1, 0.15) is 18.2 Å². The predicted octanol–water partition coefficient (Wildman–Crippen LogP) is 6.39. The molecule has 1 unspecified atom stereocenters. The lowest BCUT2D eigenvalue weighted by Gasteiger charge is -2.24. The van der Waals surface area contributed by atoms with Crippen molar-refractivity contribution < 1.29 is 23.8 Å². The van der Waals surface area contributed by atoms with Crippen LogP contribution >= 0.6 is 34.4 Å². The second-order valence-corrected chi connectivity index (χ2v) is 12.1. The normalized spacial score (nSPS) is 15.1. The maximum atomic E-state index is 13.8. The monoisotopic (exact) mass is 594 g/mol. The molecule has 0 spiro atoms. The number of aliphatic hydroxyl groups excluding tert-OH is 1. The summed E-state index contributed by atoms with van der Waals surface area (Å²) in [6.07, 6.45) is 1.61. The lowest BCUT2D eigenvalue weighted by atomic mass is 9.95. The molecule has 2 aromatic heterocycles. The van der Waals surface area contributed by atoms with Crippen LogP contribution in [-0.2, 0) is 10.5 Å². The molecule has 1 aliphatic rings. The van der Waals surface area contributed by atoms with Crippen molar-refractivity contribution in [3.63, 3.8) is 0 Å². The largest absolute Gasteiger partial charge is 0.503 e. The summed E-state index contributed by atoms with van der Waals surface area (Å²) in [6, 6.07) is 12.2. The summed E-state index contributed by atoms with van der Waals surface area (Å²) in [6.45, 7) is 7.45. The summed E-state index contributed by atoms with van der Waals surface area (Å²) in [5, 5.41) is 20.4. The molecule has 0 saturated heterocycles. The van der Waals surface area contributed by atoms with Crippen LogP contribution in [0, 0.1) is 19.7 Å². The summed E-state index contributed by atoms with van der Waals surface area (Å²) in [5.74, 6) is -1.16. The minimum absolute atomic E-state index is 0.0617. The zero-order valence-corrected chi connectivity index (χ0v) is 23.9. The first-order valence-electron chi connectivity index (χ1n) is 12.1. The number of aliphatic hydroxyl groups is 1. The number of aryl methyl sites for hydroxylation is 2. The number of benzene rings is 2. The first kappa shape index (κ1) is 27.7. The van der Waals surface area contributed by atoms with Gasteiger partial charge in [-0.1, -0.05) is 60.0 Å². The number of ether oxygens (including phenoxy) is 1. The van der Waals surface area contributed by atoms with E-state index < -0.39 is 23.5 Å². The Bertz CT molecular complexity index is 1630. The summed E-state index contributed by atoms with van der Waals surface area (Å²) >= 11 is 3.75. The molecule has 4 aromatic rings. The Morgan fingerprint density at radius 2 is 1.98 bits per heavy atom. The van der Waals surface area contributed by atoms with Gasteiger partial charge < -0.3 is 9.84 Å². The molecule has 1 aliphatic heterocycles. The minimum Gasteiger partial charge on any atom is -0.503 e. The number of hydrogen-bond acceptors (Lipinski definition) is 10. The molecule has 0 bridgehead atoms. The predicted molar refractivity (Wildman–Crippen MR) is 154 cm³/mol. The Hall–Kier alpha value is -3.87. The van der Waals surface area contributed by atoms with Crippen molar-refractivity contribution in [3.05, 3.63) is 105 Å². The molecule has 204 valence electrons. The number of anilines is 1. The maximum Gasteiger partial charge on any atom is 0.296 e. The van der Waals surface area contributed by atoms with Gasteiger partial charge in [0.15, 0.2) is 10.1 Å². The van der Waals surface area contributed by atoms with E-state index in [2.05, 4.69) is 21.8 Å². The number of halogens is 1. The number of thioether (sulfide) groups is 1. The zero-order chi connectivity index (χ0) is 28.4. The fraction of sp³-hybridized carbons (Fsp3) is 0.179. The van der Waals surface area contributed by atoms with E-state index in [-0.39, 0.29) is 23.1 Å². The molecular weight excluding hydrogens is 572 g/mol. The third kappa shape index (κ3) is 5.55. The van der Waals surface area contributed by atoms with Crippen LogP contribution in [0.25, 0.3) is 0 Å². The van der Waals surface area contributed by atoms with E-state index in [1.165, 1.54) is 40.1 Å². The summed E-state index contributed by atoms with van der Waals surface area (Å²) < 4.78 is 19.5. The van der Waals surface area contributed by atoms with E-state index in [0.717, 1.165) is 16.9 Å². The zero-order valence-electron chi connectivity index (χ0n) is 21.5. The van der Waals surface area contributed by atoms with E-state index in [0.29, 0.717) is 37.0 Å². The lowest BCUT2D eigenvalue weighted by molar-refractivity contribution is -0.117. The quantitative estimate of drug-likeness (QED) is 0.0975. The van der Waals surface area contributed by atoms with Crippen LogP contribution in [0.15, 0.2) is 76.9 Å². The molecule has 0 radical (unpaired) electrons. The van der Waals surface area contributed by atoms with Gasteiger partial charge in [-0.15, -0.1) is 21.5 Å². The molecule has 1 amide bonds. The summed E-state index contributed by atoms with van der Waals surface area (Å²) in [4.78, 5) is 33.3. The number of ketones is 1. The van der Waals surface area contributed by atoms with Crippen LogP contribution < -0.4 is 9.64 Å². The van der Waals surface area contributed by atoms with Crippen molar-refractivity contribution in [2.45, 2.75) is 30.0 Å². The van der Waals surface area contributed by atoms with Crippen LogP contribution in [0.4, 0.5) is 9.52 Å². The van der Waals surface area contributed by atoms with Gasteiger partial charge in [-0.25, -0.2) is 9.37 Å². The standard InChI is InChI=1S/C28H23FN4O4S3/c1-4-12-37-20-7-5-6-18(13-20)22-21(23(34)25-15(2)30-16(3)39-25)24(35)26(36)33(22)27-31-32-28(40-27)38-14-17-8-10-19(29)11-9-17/h4-11,13,22,35H,1,12,14H2,2-3H3. The number of nitrogens with zero attached hydrogens (tertiary/aromatic N) is 4. The van der Waals surface area contributed by atoms with Crippen molar-refractivity contribution >= 4 is 51.3 Å². The first-order valence-corrected chi connectivity index (χ1v) is 14.7. The van der Waals surface area contributed by atoms with E-state index in [9.17, 15) is 19.1 Å². The molecule has 1 atom stereocenters. The van der Waals surface area contributed by atoms with E-state index in [1.54, 1.807) is 56.3 Å². The van der Waals surface area contributed by atoms with Gasteiger partial charge in [0, 0.05) is 5.75 Å². The van der Waals surface area contributed by atoms with Gasteiger partial charge in [0.2, 0.25) is 10.9 Å². The van der Waals surface area contributed by atoms with Crippen LogP contribution in [0.5, 0.6) is 5.75 Å². The third-order valence-electron chi connectivity index (χ3n) is 5.98. The number of Topliss-reactive ketones (excluding diaryl/α,β-unsaturated/α-hetero) is 1. The Kier molecular flexibility index (Phi) is 8.10. The van der Waals surface area contributed by atoms with Crippen LogP contribution in [0.1, 0.15) is 37.5 Å². The van der Waals surface area contributed by atoms with E-state index >= 15 is 0 Å². The van der Waals surface area contributed by atoms with Gasteiger partial charge in [-0.2, -0.15) is 0 Å². The maximum absolute atomic E-state index is 13.8. The second-order valence-electron chi connectivity index (χ2n) is 8.75. The lowest BCUT2D eigenvalue weighted by Crippen LogP contribution is -2.31. The van der Waals surface area contributed by atoms with Gasteiger partial charge in [-0.3, -0.25) is 14.5 Å². The van der Waals surface area contributed by atoms with E-state index in [4.69, 9.17) is 4.74 Å². The van der Waals surface area contributed by atoms with Crippen molar-refractivity contribution in [2.75, 3.05) is 11.5 Å². The number of hydrogen-bond donors (Lipinski definition) is 1. The molecule has 2 aromatic carbocycles. The Morgan fingerprint density at radius 1 is 1.20 bits per heavy atom. The van der Waals surface area contributed by atoms with Crippen molar-refractivity contribution in [3.8, 4) is 5.75 Å². The highest BCUT2D eigenvalue weighted by Crippen LogP contribution is 2.45. The number of amides is 1. The Balaban J connectivity index is 1.52. The highest BCUT2D eigenvalue weighted by atomic mass is 32.2. The number of thiazole rings is 1. The molecule has 1 N–H and O–H groups in total.